The minimum Gasteiger partial charge on any atom is -0.352 e. The standard InChI is InChI=1S/C21H25N5O2/c1-21(2)9-4-10-26(21)18-8-5-14(12-22-18)13-23-19(27)15-6-7-17-16(11-15)24-20(28)25(17)3/h5-8,11-12H,4,9-10,13H2,1-3H3,(H,23,27)(H,24,28). The van der Waals surface area contributed by atoms with Gasteiger partial charge in [0.2, 0.25) is 0 Å². The van der Waals surface area contributed by atoms with Crippen molar-refractivity contribution in [3.63, 3.8) is 0 Å². The summed E-state index contributed by atoms with van der Waals surface area (Å²) in [5, 5.41) is 2.92. The molecule has 1 amide bonds. The first-order valence-corrected chi connectivity index (χ1v) is 9.55. The molecule has 2 N–H and O–H groups in total. The van der Waals surface area contributed by atoms with Crippen molar-refractivity contribution in [1.82, 2.24) is 19.9 Å². The lowest BCUT2D eigenvalue weighted by Crippen LogP contribution is -2.38. The smallest absolute Gasteiger partial charge is 0.326 e. The van der Waals surface area contributed by atoms with Gasteiger partial charge in [0.1, 0.15) is 5.82 Å². The maximum absolute atomic E-state index is 12.5. The average Bonchev–Trinajstić information content (AvgIpc) is 3.18. The molecule has 1 aliphatic rings. The third-order valence-corrected chi connectivity index (χ3v) is 5.61. The van der Waals surface area contributed by atoms with E-state index in [2.05, 4.69) is 34.0 Å². The second-order valence-corrected chi connectivity index (χ2v) is 8.00. The van der Waals surface area contributed by atoms with Crippen LogP contribution in [0.2, 0.25) is 0 Å². The Labute approximate surface area is 163 Å². The monoisotopic (exact) mass is 379 g/mol. The van der Waals surface area contributed by atoms with Gasteiger partial charge in [-0.3, -0.25) is 9.36 Å². The molecule has 0 bridgehead atoms. The number of aromatic amines is 1. The van der Waals surface area contributed by atoms with Gasteiger partial charge >= 0.3 is 5.69 Å². The highest BCUT2D eigenvalue weighted by atomic mass is 16.2. The molecular weight excluding hydrogens is 354 g/mol. The molecular formula is C21H25N5O2. The van der Waals surface area contributed by atoms with Crippen molar-refractivity contribution in [2.45, 2.75) is 38.8 Å². The summed E-state index contributed by atoms with van der Waals surface area (Å²) in [6, 6.07) is 9.23. The number of benzene rings is 1. The topological polar surface area (TPSA) is 83.0 Å². The molecule has 3 aromatic rings. The van der Waals surface area contributed by atoms with E-state index in [1.165, 1.54) is 17.4 Å². The highest BCUT2D eigenvalue weighted by molar-refractivity contribution is 5.97. The molecule has 28 heavy (non-hydrogen) atoms. The molecule has 2 aromatic heterocycles. The van der Waals surface area contributed by atoms with Crippen molar-refractivity contribution in [3.8, 4) is 0 Å². The van der Waals surface area contributed by atoms with Gasteiger partial charge < -0.3 is 15.2 Å². The van der Waals surface area contributed by atoms with Crippen LogP contribution >= 0.6 is 0 Å². The number of carbonyl (C=O) groups is 1. The van der Waals surface area contributed by atoms with E-state index in [-0.39, 0.29) is 17.1 Å². The highest BCUT2D eigenvalue weighted by Crippen LogP contribution is 2.32. The lowest BCUT2D eigenvalue weighted by molar-refractivity contribution is 0.0951. The number of carbonyl (C=O) groups excluding carboxylic acids is 1. The maximum atomic E-state index is 12.5. The summed E-state index contributed by atoms with van der Waals surface area (Å²) in [6.45, 7) is 5.91. The van der Waals surface area contributed by atoms with Gasteiger partial charge in [0, 0.05) is 37.4 Å². The third-order valence-electron chi connectivity index (χ3n) is 5.61. The number of hydrogen-bond donors (Lipinski definition) is 2. The summed E-state index contributed by atoms with van der Waals surface area (Å²) < 4.78 is 1.52. The third kappa shape index (κ3) is 3.28. The van der Waals surface area contributed by atoms with Gasteiger partial charge in [-0.2, -0.15) is 0 Å². The van der Waals surface area contributed by atoms with Crippen molar-refractivity contribution in [2.75, 3.05) is 11.4 Å². The van der Waals surface area contributed by atoms with Crippen molar-refractivity contribution >= 4 is 22.8 Å². The van der Waals surface area contributed by atoms with Crippen LogP contribution in [-0.2, 0) is 13.6 Å². The van der Waals surface area contributed by atoms with E-state index in [1.807, 2.05) is 18.3 Å². The number of aryl methyl sites for hydroxylation is 1. The minimum absolute atomic E-state index is 0.139. The molecule has 7 heteroatoms. The number of nitrogens with one attached hydrogen (secondary N) is 2. The van der Waals surface area contributed by atoms with Crippen LogP contribution in [0, 0.1) is 0 Å². The van der Waals surface area contributed by atoms with E-state index in [0.29, 0.717) is 17.6 Å². The number of aromatic nitrogens is 3. The molecule has 0 saturated carbocycles. The van der Waals surface area contributed by atoms with Crippen LogP contribution < -0.4 is 15.9 Å². The Morgan fingerprint density at radius 3 is 2.79 bits per heavy atom. The predicted molar refractivity (Wildman–Crippen MR) is 110 cm³/mol. The van der Waals surface area contributed by atoms with Crippen molar-refractivity contribution < 1.29 is 4.79 Å². The number of imidazole rings is 1. The Morgan fingerprint density at radius 2 is 2.11 bits per heavy atom. The Bertz CT molecular complexity index is 1080. The van der Waals surface area contributed by atoms with Crippen LogP contribution in [0.1, 0.15) is 42.6 Å². The Morgan fingerprint density at radius 1 is 1.29 bits per heavy atom. The fourth-order valence-electron chi connectivity index (χ4n) is 3.88. The van der Waals surface area contributed by atoms with Crippen molar-refractivity contribution in [1.29, 1.82) is 0 Å². The summed E-state index contributed by atoms with van der Waals surface area (Å²) in [7, 11) is 1.70. The number of fused-ring (bicyclic) bond motifs is 1. The molecule has 0 radical (unpaired) electrons. The van der Waals surface area contributed by atoms with Crippen molar-refractivity contribution in [3.05, 3.63) is 58.1 Å². The molecule has 0 spiro atoms. The number of pyridine rings is 1. The Kier molecular flexibility index (Phi) is 4.45. The lowest BCUT2D eigenvalue weighted by Gasteiger charge is -2.32. The number of amides is 1. The number of nitrogens with zero attached hydrogens (tertiary/aromatic N) is 3. The fourth-order valence-corrected chi connectivity index (χ4v) is 3.88. The first-order chi connectivity index (χ1) is 13.3. The van der Waals surface area contributed by atoms with E-state index in [1.54, 1.807) is 25.2 Å². The van der Waals surface area contributed by atoms with Gasteiger partial charge in [-0.15, -0.1) is 0 Å². The van der Waals surface area contributed by atoms with Crippen LogP contribution in [0.4, 0.5) is 5.82 Å². The molecule has 0 atom stereocenters. The Balaban J connectivity index is 1.43. The molecule has 4 rings (SSSR count). The summed E-state index contributed by atoms with van der Waals surface area (Å²) >= 11 is 0. The van der Waals surface area contributed by atoms with E-state index in [9.17, 15) is 9.59 Å². The largest absolute Gasteiger partial charge is 0.352 e. The molecule has 1 fully saturated rings. The summed E-state index contributed by atoms with van der Waals surface area (Å²) in [5.41, 5.74) is 2.83. The molecule has 1 aliphatic heterocycles. The molecule has 0 unspecified atom stereocenters. The number of anilines is 1. The molecule has 7 nitrogen and oxygen atoms in total. The lowest BCUT2D eigenvalue weighted by atomic mass is 10.0. The van der Waals surface area contributed by atoms with Gasteiger partial charge in [0.05, 0.1) is 11.0 Å². The van der Waals surface area contributed by atoms with E-state index < -0.39 is 0 Å². The molecule has 146 valence electrons. The number of H-pyrrole nitrogens is 1. The van der Waals surface area contributed by atoms with Crippen LogP contribution in [-0.4, -0.2) is 32.5 Å². The first-order valence-electron chi connectivity index (χ1n) is 9.55. The summed E-state index contributed by atoms with van der Waals surface area (Å²) in [5.74, 6) is 0.799. The average molecular weight is 379 g/mol. The molecule has 3 heterocycles. The molecule has 1 aromatic carbocycles. The fraction of sp³-hybridized carbons (Fsp3) is 0.381. The summed E-state index contributed by atoms with van der Waals surface area (Å²) in [4.78, 5) is 33.8. The first kappa shape index (κ1) is 18.3. The molecule has 1 saturated heterocycles. The van der Waals surface area contributed by atoms with Crippen molar-refractivity contribution in [2.24, 2.45) is 7.05 Å². The van der Waals surface area contributed by atoms with Gasteiger partial charge in [0.25, 0.3) is 5.91 Å². The van der Waals surface area contributed by atoms with Gasteiger partial charge in [-0.1, -0.05) is 6.07 Å². The van der Waals surface area contributed by atoms with Gasteiger partial charge in [-0.25, -0.2) is 9.78 Å². The summed E-state index contributed by atoms with van der Waals surface area (Å²) in [6.07, 6.45) is 4.18. The van der Waals surface area contributed by atoms with Crippen LogP contribution in [0.15, 0.2) is 41.3 Å². The van der Waals surface area contributed by atoms with Crippen LogP contribution in [0.3, 0.4) is 0 Å². The highest BCUT2D eigenvalue weighted by Gasteiger charge is 2.32. The second-order valence-electron chi connectivity index (χ2n) is 8.00. The maximum Gasteiger partial charge on any atom is 0.326 e. The quantitative estimate of drug-likeness (QED) is 0.730. The zero-order valence-corrected chi connectivity index (χ0v) is 16.5. The van der Waals surface area contributed by atoms with E-state index in [4.69, 9.17) is 0 Å². The van der Waals surface area contributed by atoms with E-state index >= 15 is 0 Å². The van der Waals surface area contributed by atoms with E-state index in [0.717, 1.165) is 23.4 Å². The number of rotatable bonds is 4. The SMILES string of the molecule is Cn1c(=O)[nH]c2cc(C(=O)NCc3ccc(N4CCCC4(C)C)nc3)ccc21. The zero-order chi connectivity index (χ0) is 19.9. The number of hydrogen-bond acceptors (Lipinski definition) is 4. The predicted octanol–water partition coefficient (Wildman–Crippen LogP) is 2.57. The van der Waals surface area contributed by atoms with Gasteiger partial charge in [0.15, 0.2) is 0 Å². The Hall–Kier alpha value is -3.09. The normalized spacial score (nSPS) is 15.9. The zero-order valence-electron chi connectivity index (χ0n) is 16.5. The van der Waals surface area contributed by atoms with Crippen LogP contribution in [0.5, 0.6) is 0 Å². The minimum atomic E-state index is -0.195. The molecule has 0 aliphatic carbocycles. The van der Waals surface area contributed by atoms with Crippen LogP contribution in [0.25, 0.3) is 11.0 Å². The van der Waals surface area contributed by atoms with Gasteiger partial charge in [-0.05, 0) is 56.5 Å². The second kappa shape index (κ2) is 6.82.